The predicted octanol–water partition coefficient (Wildman–Crippen LogP) is 4.61. The summed E-state index contributed by atoms with van der Waals surface area (Å²) in [6.45, 7) is 0. The van der Waals surface area contributed by atoms with E-state index in [1.807, 2.05) is 0 Å². The van der Waals surface area contributed by atoms with E-state index >= 15 is 0 Å². The van der Waals surface area contributed by atoms with E-state index in [0.29, 0.717) is 17.0 Å². The summed E-state index contributed by atoms with van der Waals surface area (Å²) in [5.74, 6) is -0.255. The highest BCUT2D eigenvalue weighted by atomic mass is 79.9. The molecule has 2 aromatic carbocycles. The molecule has 6 heteroatoms. The number of hydrogen-bond acceptors (Lipinski definition) is 2. The Labute approximate surface area is 132 Å². The summed E-state index contributed by atoms with van der Waals surface area (Å²) in [5.41, 5.74) is 0.893. The van der Waals surface area contributed by atoms with Crippen LogP contribution < -0.4 is 10.1 Å². The summed E-state index contributed by atoms with van der Waals surface area (Å²) in [7, 11) is 1.49. The molecular weight excluding hydrogens is 393 g/mol. The first kappa shape index (κ1) is 15.0. The maximum atomic E-state index is 13.1. The quantitative estimate of drug-likeness (QED) is 0.813. The SMILES string of the molecule is COc1cc(Br)ccc1C(=O)Nc1ccc(F)c(Br)c1. The Morgan fingerprint density at radius 2 is 1.95 bits per heavy atom. The molecule has 0 bridgehead atoms. The highest BCUT2D eigenvalue weighted by Gasteiger charge is 2.13. The molecule has 0 saturated heterocycles. The Morgan fingerprint density at radius 1 is 1.20 bits per heavy atom. The molecule has 0 radical (unpaired) electrons. The van der Waals surface area contributed by atoms with Crippen LogP contribution in [0.15, 0.2) is 45.3 Å². The van der Waals surface area contributed by atoms with Crippen molar-refractivity contribution in [1.29, 1.82) is 0 Å². The van der Waals surface area contributed by atoms with Gasteiger partial charge in [0.25, 0.3) is 5.91 Å². The van der Waals surface area contributed by atoms with Crippen molar-refractivity contribution in [3.63, 3.8) is 0 Å². The average molecular weight is 403 g/mol. The van der Waals surface area contributed by atoms with Gasteiger partial charge in [0.2, 0.25) is 0 Å². The largest absolute Gasteiger partial charge is 0.496 e. The first-order valence-corrected chi connectivity index (χ1v) is 7.20. The van der Waals surface area contributed by atoms with Crippen LogP contribution >= 0.6 is 31.9 Å². The van der Waals surface area contributed by atoms with E-state index in [4.69, 9.17) is 4.74 Å². The second kappa shape index (κ2) is 6.37. The van der Waals surface area contributed by atoms with Crippen LogP contribution in [0, 0.1) is 5.82 Å². The number of anilines is 1. The van der Waals surface area contributed by atoms with Crippen LogP contribution in [0.25, 0.3) is 0 Å². The number of nitrogens with one attached hydrogen (secondary N) is 1. The van der Waals surface area contributed by atoms with Gasteiger partial charge in [-0.3, -0.25) is 4.79 Å². The Kier molecular flexibility index (Phi) is 4.77. The number of carbonyl (C=O) groups is 1. The second-order valence-corrected chi connectivity index (χ2v) is 5.70. The monoisotopic (exact) mass is 401 g/mol. The van der Waals surface area contributed by atoms with Gasteiger partial charge in [0.05, 0.1) is 17.1 Å². The van der Waals surface area contributed by atoms with Gasteiger partial charge in [0, 0.05) is 10.2 Å². The number of rotatable bonds is 3. The standard InChI is InChI=1S/C14H10Br2FNO2/c1-20-13-6-8(15)2-4-10(13)14(19)18-9-3-5-12(17)11(16)7-9/h2-7H,1H3,(H,18,19). The normalized spacial score (nSPS) is 10.2. The zero-order valence-electron chi connectivity index (χ0n) is 10.4. The van der Waals surface area contributed by atoms with Crippen LogP contribution in [0.3, 0.4) is 0 Å². The van der Waals surface area contributed by atoms with Crippen molar-refractivity contribution in [2.45, 2.75) is 0 Å². The average Bonchev–Trinajstić information content (AvgIpc) is 2.42. The highest BCUT2D eigenvalue weighted by molar-refractivity contribution is 9.10. The van der Waals surface area contributed by atoms with Crippen LogP contribution in [0.4, 0.5) is 10.1 Å². The molecule has 0 aliphatic heterocycles. The minimum Gasteiger partial charge on any atom is -0.496 e. The summed E-state index contributed by atoms with van der Waals surface area (Å²) in [6, 6.07) is 9.37. The fraction of sp³-hybridized carbons (Fsp3) is 0.0714. The molecule has 0 aliphatic carbocycles. The smallest absolute Gasteiger partial charge is 0.259 e. The van der Waals surface area contributed by atoms with Gasteiger partial charge in [0.15, 0.2) is 0 Å². The van der Waals surface area contributed by atoms with Crippen molar-refractivity contribution in [1.82, 2.24) is 0 Å². The molecule has 0 aromatic heterocycles. The van der Waals surface area contributed by atoms with E-state index in [1.165, 1.54) is 25.3 Å². The Bertz CT molecular complexity index is 662. The molecule has 0 heterocycles. The minimum atomic E-state index is -0.385. The second-order valence-electron chi connectivity index (χ2n) is 3.93. The van der Waals surface area contributed by atoms with Gasteiger partial charge in [-0.25, -0.2) is 4.39 Å². The lowest BCUT2D eigenvalue weighted by Gasteiger charge is -2.10. The van der Waals surface area contributed by atoms with E-state index in [9.17, 15) is 9.18 Å². The van der Waals surface area contributed by atoms with Crippen LogP contribution in [0.1, 0.15) is 10.4 Å². The summed E-state index contributed by atoms with van der Waals surface area (Å²) in [6.07, 6.45) is 0. The van der Waals surface area contributed by atoms with Crippen molar-refractivity contribution >= 4 is 43.5 Å². The van der Waals surface area contributed by atoms with E-state index in [0.717, 1.165) is 4.47 Å². The fourth-order valence-electron chi connectivity index (χ4n) is 1.62. The molecule has 3 nitrogen and oxygen atoms in total. The Balaban J connectivity index is 2.25. The van der Waals surface area contributed by atoms with Gasteiger partial charge < -0.3 is 10.1 Å². The minimum absolute atomic E-state index is 0.290. The molecule has 0 spiro atoms. The number of benzene rings is 2. The molecule has 1 N–H and O–H groups in total. The maximum Gasteiger partial charge on any atom is 0.259 e. The fourth-order valence-corrected chi connectivity index (χ4v) is 2.34. The molecule has 0 saturated carbocycles. The third-order valence-corrected chi connectivity index (χ3v) is 3.69. The van der Waals surface area contributed by atoms with Crippen molar-refractivity contribution in [2.24, 2.45) is 0 Å². The van der Waals surface area contributed by atoms with Gasteiger partial charge in [-0.05, 0) is 52.3 Å². The van der Waals surface area contributed by atoms with Crippen LogP contribution in [0.2, 0.25) is 0 Å². The first-order chi connectivity index (χ1) is 9.51. The number of ether oxygens (including phenoxy) is 1. The zero-order valence-corrected chi connectivity index (χ0v) is 13.6. The molecule has 0 fully saturated rings. The van der Waals surface area contributed by atoms with E-state index in [-0.39, 0.29) is 16.2 Å². The topological polar surface area (TPSA) is 38.3 Å². The van der Waals surface area contributed by atoms with Crippen molar-refractivity contribution in [3.8, 4) is 5.75 Å². The maximum absolute atomic E-state index is 13.1. The number of methoxy groups -OCH3 is 1. The van der Waals surface area contributed by atoms with E-state index < -0.39 is 0 Å². The van der Waals surface area contributed by atoms with Crippen LogP contribution in [-0.2, 0) is 0 Å². The molecule has 2 aromatic rings. The molecule has 0 atom stereocenters. The van der Waals surface area contributed by atoms with E-state index in [1.54, 1.807) is 18.2 Å². The zero-order chi connectivity index (χ0) is 14.7. The molecule has 1 amide bonds. The summed E-state index contributed by atoms with van der Waals surface area (Å²) in [4.78, 5) is 12.2. The summed E-state index contributed by atoms with van der Waals surface area (Å²) < 4.78 is 19.4. The third-order valence-electron chi connectivity index (χ3n) is 2.59. The molecule has 104 valence electrons. The Morgan fingerprint density at radius 3 is 2.60 bits per heavy atom. The Hall–Kier alpha value is -1.40. The molecule has 20 heavy (non-hydrogen) atoms. The van der Waals surface area contributed by atoms with E-state index in [2.05, 4.69) is 37.2 Å². The lowest BCUT2D eigenvalue weighted by Crippen LogP contribution is -2.13. The van der Waals surface area contributed by atoms with Crippen molar-refractivity contribution in [2.75, 3.05) is 12.4 Å². The third kappa shape index (κ3) is 3.37. The summed E-state index contributed by atoms with van der Waals surface area (Å²) in [5, 5.41) is 2.69. The summed E-state index contributed by atoms with van der Waals surface area (Å²) >= 11 is 6.38. The molecule has 0 unspecified atom stereocenters. The molecule has 2 rings (SSSR count). The van der Waals surface area contributed by atoms with Crippen molar-refractivity contribution in [3.05, 3.63) is 56.7 Å². The lowest BCUT2D eigenvalue weighted by atomic mass is 10.2. The lowest BCUT2D eigenvalue weighted by molar-refractivity contribution is 0.102. The highest BCUT2D eigenvalue weighted by Crippen LogP contribution is 2.25. The number of amides is 1. The predicted molar refractivity (Wildman–Crippen MR) is 82.7 cm³/mol. The number of hydrogen-bond donors (Lipinski definition) is 1. The first-order valence-electron chi connectivity index (χ1n) is 5.61. The van der Waals surface area contributed by atoms with Gasteiger partial charge in [-0.2, -0.15) is 0 Å². The van der Waals surface area contributed by atoms with Crippen LogP contribution in [0.5, 0.6) is 5.75 Å². The number of halogens is 3. The number of carbonyl (C=O) groups excluding carboxylic acids is 1. The van der Waals surface area contributed by atoms with Crippen LogP contribution in [-0.4, -0.2) is 13.0 Å². The molecular formula is C14H10Br2FNO2. The van der Waals surface area contributed by atoms with Gasteiger partial charge in [-0.1, -0.05) is 15.9 Å². The van der Waals surface area contributed by atoms with Gasteiger partial charge >= 0.3 is 0 Å². The van der Waals surface area contributed by atoms with Gasteiger partial charge in [0.1, 0.15) is 11.6 Å². The van der Waals surface area contributed by atoms with Crippen molar-refractivity contribution < 1.29 is 13.9 Å². The van der Waals surface area contributed by atoms with Gasteiger partial charge in [-0.15, -0.1) is 0 Å². The molecule has 0 aliphatic rings.